The molecule has 0 spiro atoms. The zero-order chi connectivity index (χ0) is 22.5. The maximum absolute atomic E-state index is 13.4. The van der Waals surface area contributed by atoms with Gasteiger partial charge in [-0.2, -0.15) is 0 Å². The van der Waals surface area contributed by atoms with E-state index in [-0.39, 0.29) is 5.82 Å². The fraction of sp³-hybridized carbons (Fsp3) is 0.217. The van der Waals surface area contributed by atoms with Crippen molar-refractivity contribution in [2.45, 2.75) is 6.42 Å². The predicted molar refractivity (Wildman–Crippen MR) is 122 cm³/mol. The van der Waals surface area contributed by atoms with Gasteiger partial charge in [-0.05, 0) is 35.4 Å². The molecule has 3 aromatic rings. The number of rotatable bonds is 8. The van der Waals surface area contributed by atoms with Crippen molar-refractivity contribution in [2.24, 2.45) is 4.99 Å². The molecule has 0 aliphatic carbocycles. The Morgan fingerprint density at radius 3 is 2.66 bits per heavy atom. The van der Waals surface area contributed by atoms with Gasteiger partial charge in [0.05, 0.1) is 30.8 Å². The van der Waals surface area contributed by atoms with Crippen LogP contribution in [-0.2, 0) is 4.74 Å². The van der Waals surface area contributed by atoms with Gasteiger partial charge in [0.15, 0.2) is 11.6 Å². The molecule has 0 radical (unpaired) electrons. The summed E-state index contributed by atoms with van der Waals surface area (Å²) in [4.78, 5) is 18.0. The topological polar surface area (TPSA) is 108 Å². The Morgan fingerprint density at radius 1 is 1.09 bits per heavy atom. The normalized spacial score (nSPS) is 13.3. The number of anilines is 2. The number of nitrogens with zero attached hydrogens (tertiary/aromatic N) is 4. The van der Waals surface area contributed by atoms with Crippen LogP contribution in [0.4, 0.5) is 16.2 Å². The van der Waals surface area contributed by atoms with Crippen LogP contribution in [0.15, 0.2) is 53.8 Å². The van der Waals surface area contributed by atoms with E-state index >= 15 is 0 Å². The van der Waals surface area contributed by atoms with Gasteiger partial charge in [-0.15, -0.1) is 0 Å². The van der Waals surface area contributed by atoms with E-state index < -0.39 is 0 Å². The molecule has 164 valence electrons. The Balaban J connectivity index is 1.76. The number of allylic oxidation sites excluding steroid dienone is 1. The summed E-state index contributed by atoms with van der Waals surface area (Å²) in [5.74, 6) is 0.970. The molecule has 4 rings (SSSR count). The molecule has 0 bridgehead atoms. The summed E-state index contributed by atoms with van der Waals surface area (Å²) in [6.45, 7) is 1.11. The fourth-order valence-corrected chi connectivity index (χ4v) is 3.38. The molecule has 8 nitrogen and oxygen atoms in total. The lowest BCUT2D eigenvalue weighted by Gasteiger charge is -2.10. The molecular formula is C23H23FN6O2. The molecule has 1 aromatic carbocycles. The highest BCUT2D eigenvalue weighted by Crippen LogP contribution is 2.38. The summed E-state index contributed by atoms with van der Waals surface area (Å²) in [7, 11) is 3.18. The van der Waals surface area contributed by atoms with Crippen molar-refractivity contribution in [2.75, 3.05) is 38.4 Å². The minimum absolute atomic E-state index is 0.296. The Kier molecular flexibility index (Phi) is 6.37. The van der Waals surface area contributed by atoms with E-state index in [1.165, 1.54) is 12.1 Å². The third kappa shape index (κ3) is 4.57. The summed E-state index contributed by atoms with van der Waals surface area (Å²) in [5, 5.41) is 3.13. The molecule has 0 saturated carbocycles. The predicted octanol–water partition coefficient (Wildman–Crippen LogP) is 3.42. The van der Waals surface area contributed by atoms with Gasteiger partial charge in [-0.25, -0.2) is 24.3 Å². The lowest BCUT2D eigenvalue weighted by atomic mass is 9.98. The van der Waals surface area contributed by atoms with Gasteiger partial charge in [-0.1, -0.05) is 12.1 Å². The van der Waals surface area contributed by atoms with Crippen LogP contribution in [-0.4, -0.2) is 48.0 Å². The van der Waals surface area contributed by atoms with Gasteiger partial charge in [0.2, 0.25) is 5.95 Å². The lowest BCUT2D eigenvalue weighted by molar-refractivity contribution is 0.210. The highest BCUT2D eigenvalue weighted by Gasteiger charge is 2.24. The minimum atomic E-state index is -0.296. The van der Waals surface area contributed by atoms with Crippen LogP contribution >= 0.6 is 0 Å². The van der Waals surface area contributed by atoms with Gasteiger partial charge in [0, 0.05) is 38.0 Å². The van der Waals surface area contributed by atoms with Crippen molar-refractivity contribution in [3.63, 3.8) is 0 Å². The molecule has 0 atom stereocenters. The molecule has 0 unspecified atom stereocenters. The SMILES string of the molecule is COCCNc1nccc(C2=C(c3cnc(N)c(OC)c3)CC(c3ccc(F)cc3)=N2)n1. The van der Waals surface area contributed by atoms with E-state index in [0.717, 1.165) is 22.4 Å². The van der Waals surface area contributed by atoms with Crippen LogP contribution in [0.2, 0.25) is 0 Å². The van der Waals surface area contributed by atoms with Gasteiger partial charge in [0.25, 0.3) is 0 Å². The molecule has 3 heterocycles. The Hall–Kier alpha value is -3.85. The van der Waals surface area contributed by atoms with Crippen molar-refractivity contribution in [1.82, 2.24) is 15.0 Å². The Bertz CT molecular complexity index is 1180. The van der Waals surface area contributed by atoms with Gasteiger partial charge in [-0.3, -0.25) is 0 Å². The molecule has 9 heteroatoms. The molecule has 3 N–H and O–H groups in total. The highest BCUT2D eigenvalue weighted by atomic mass is 19.1. The van der Waals surface area contributed by atoms with Gasteiger partial charge in [0.1, 0.15) is 5.82 Å². The van der Waals surface area contributed by atoms with Crippen molar-refractivity contribution in [3.8, 4) is 5.75 Å². The number of pyridine rings is 1. The summed E-state index contributed by atoms with van der Waals surface area (Å²) in [6.07, 6.45) is 3.89. The number of benzene rings is 1. The van der Waals surface area contributed by atoms with Crippen LogP contribution in [0.3, 0.4) is 0 Å². The van der Waals surface area contributed by atoms with Crippen LogP contribution in [0.25, 0.3) is 11.3 Å². The van der Waals surface area contributed by atoms with E-state index in [9.17, 15) is 4.39 Å². The second-order valence-corrected chi connectivity index (χ2v) is 7.07. The summed E-state index contributed by atoms with van der Waals surface area (Å²) in [5.41, 5.74) is 10.6. The third-order valence-electron chi connectivity index (χ3n) is 4.99. The van der Waals surface area contributed by atoms with E-state index in [4.69, 9.17) is 20.2 Å². The number of nitrogen functional groups attached to an aromatic ring is 1. The molecular weight excluding hydrogens is 411 g/mol. The molecule has 2 aromatic heterocycles. The molecule has 0 saturated heterocycles. The third-order valence-corrected chi connectivity index (χ3v) is 4.99. The van der Waals surface area contributed by atoms with Gasteiger partial charge < -0.3 is 20.5 Å². The maximum Gasteiger partial charge on any atom is 0.223 e. The van der Waals surface area contributed by atoms with E-state index in [1.54, 1.807) is 44.8 Å². The number of hydrogen-bond donors (Lipinski definition) is 2. The molecule has 32 heavy (non-hydrogen) atoms. The Labute approximate surface area is 185 Å². The molecule has 1 aliphatic rings. The monoisotopic (exact) mass is 434 g/mol. The van der Waals surface area contributed by atoms with Crippen molar-refractivity contribution >= 4 is 28.7 Å². The zero-order valence-electron chi connectivity index (χ0n) is 17.8. The van der Waals surface area contributed by atoms with Crippen LogP contribution in [0, 0.1) is 5.82 Å². The first kappa shape index (κ1) is 21.4. The fourth-order valence-electron chi connectivity index (χ4n) is 3.38. The minimum Gasteiger partial charge on any atom is -0.493 e. The molecule has 1 aliphatic heterocycles. The van der Waals surface area contributed by atoms with E-state index in [2.05, 4.69) is 20.3 Å². The van der Waals surface area contributed by atoms with Crippen LogP contribution in [0.5, 0.6) is 5.75 Å². The summed E-state index contributed by atoms with van der Waals surface area (Å²) in [6, 6.07) is 9.91. The molecule has 0 fully saturated rings. The van der Waals surface area contributed by atoms with E-state index in [1.807, 2.05) is 6.07 Å². The number of ether oxygens (including phenoxy) is 2. The average molecular weight is 434 g/mol. The first-order valence-corrected chi connectivity index (χ1v) is 10.0. The Morgan fingerprint density at radius 2 is 1.91 bits per heavy atom. The number of nitrogens with one attached hydrogen (secondary N) is 1. The first-order valence-electron chi connectivity index (χ1n) is 10.0. The largest absolute Gasteiger partial charge is 0.493 e. The number of aliphatic imine (C=N–C) groups is 1. The number of halogens is 1. The summed E-state index contributed by atoms with van der Waals surface area (Å²) < 4.78 is 23.8. The number of hydrogen-bond acceptors (Lipinski definition) is 8. The smallest absolute Gasteiger partial charge is 0.223 e. The van der Waals surface area contributed by atoms with Crippen molar-refractivity contribution < 1.29 is 13.9 Å². The number of nitrogens with two attached hydrogens (primary N) is 1. The molecule has 0 amide bonds. The second kappa shape index (κ2) is 9.52. The average Bonchev–Trinajstić information content (AvgIpc) is 3.26. The quantitative estimate of drug-likeness (QED) is 0.523. The number of methoxy groups -OCH3 is 2. The van der Waals surface area contributed by atoms with Crippen molar-refractivity contribution in [3.05, 3.63) is 71.4 Å². The first-order chi connectivity index (χ1) is 15.6. The maximum atomic E-state index is 13.4. The highest BCUT2D eigenvalue weighted by molar-refractivity contribution is 6.16. The number of aromatic nitrogens is 3. The van der Waals surface area contributed by atoms with Crippen LogP contribution < -0.4 is 15.8 Å². The van der Waals surface area contributed by atoms with E-state index in [0.29, 0.717) is 48.5 Å². The second-order valence-electron chi connectivity index (χ2n) is 7.07. The van der Waals surface area contributed by atoms with Gasteiger partial charge >= 0.3 is 0 Å². The van der Waals surface area contributed by atoms with Crippen molar-refractivity contribution in [1.29, 1.82) is 0 Å². The lowest BCUT2D eigenvalue weighted by Crippen LogP contribution is -2.10. The zero-order valence-corrected chi connectivity index (χ0v) is 17.8. The van der Waals surface area contributed by atoms with Crippen LogP contribution in [0.1, 0.15) is 23.2 Å². The summed E-state index contributed by atoms with van der Waals surface area (Å²) >= 11 is 0. The standard InChI is InChI=1S/C23H23FN6O2/c1-31-10-9-27-23-26-8-7-18(30-23)21-17(15-11-20(32-2)22(25)28-13-15)12-19(29-21)14-3-5-16(24)6-4-14/h3-8,11,13H,9-10,12H2,1-2H3,(H2,25,28)(H,26,27,30).